The van der Waals surface area contributed by atoms with Gasteiger partial charge < -0.3 is 20.7 Å². The quantitative estimate of drug-likeness (QED) is 0.839. The Labute approximate surface area is 157 Å². The second-order valence-corrected chi connectivity index (χ2v) is 6.38. The monoisotopic (exact) mass is 371 g/mol. The minimum absolute atomic E-state index is 0.283. The normalized spacial score (nSPS) is 16.8. The van der Waals surface area contributed by atoms with Crippen LogP contribution in [0.3, 0.4) is 0 Å². The number of nitrogens with two attached hydrogens (primary N) is 1. The standard InChI is InChI=1S/C20H22FN3O3/c1-13-2-7-17(27-11-8-22)16(12-13)20(26)24-10-9-23-19(25)18(24)14-3-5-15(21)6-4-14/h2-7,12,18H,8-11,22H2,1H3,(H,23,25)/t18-/m1/s1. The van der Waals surface area contributed by atoms with E-state index in [1.807, 2.05) is 13.0 Å². The summed E-state index contributed by atoms with van der Waals surface area (Å²) >= 11 is 0. The van der Waals surface area contributed by atoms with Crippen LogP contribution in [0.1, 0.15) is 27.5 Å². The molecule has 6 nitrogen and oxygen atoms in total. The van der Waals surface area contributed by atoms with Gasteiger partial charge in [-0.3, -0.25) is 9.59 Å². The van der Waals surface area contributed by atoms with Gasteiger partial charge in [-0.1, -0.05) is 23.8 Å². The Morgan fingerprint density at radius 2 is 2.04 bits per heavy atom. The van der Waals surface area contributed by atoms with E-state index in [-0.39, 0.29) is 18.4 Å². The fraction of sp³-hybridized carbons (Fsp3) is 0.300. The molecule has 2 aromatic carbocycles. The molecule has 1 aliphatic heterocycles. The van der Waals surface area contributed by atoms with Crippen LogP contribution in [0.2, 0.25) is 0 Å². The predicted octanol–water partition coefficient (Wildman–Crippen LogP) is 1.78. The van der Waals surface area contributed by atoms with Crippen LogP contribution in [0.25, 0.3) is 0 Å². The topological polar surface area (TPSA) is 84.7 Å². The molecule has 0 unspecified atom stereocenters. The molecule has 1 aliphatic rings. The summed E-state index contributed by atoms with van der Waals surface area (Å²) in [7, 11) is 0. The van der Waals surface area contributed by atoms with Crippen molar-refractivity contribution in [1.29, 1.82) is 0 Å². The molecule has 142 valence electrons. The molecule has 2 aromatic rings. The first-order chi connectivity index (χ1) is 13.0. The summed E-state index contributed by atoms with van der Waals surface area (Å²) < 4.78 is 18.9. The van der Waals surface area contributed by atoms with Gasteiger partial charge in [0.2, 0.25) is 5.91 Å². The van der Waals surface area contributed by atoms with E-state index in [0.717, 1.165) is 5.56 Å². The van der Waals surface area contributed by atoms with Gasteiger partial charge in [-0.15, -0.1) is 0 Å². The molecule has 0 radical (unpaired) electrons. The van der Waals surface area contributed by atoms with Gasteiger partial charge >= 0.3 is 0 Å². The van der Waals surface area contributed by atoms with Gasteiger partial charge in [0, 0.05) is 19.6 Å². The van der Waals surface area contributed by atoms with Crippen molar-refractivity contribution in [3.05, 3.63) is 65.0 Å². The van der Waals surface area contributed by atoms with Gasteiger partial charge in [0.05, 0.1) is 5.56 Å². The molecular formula is C20H22FN3O3. The maximum atomic E-state index is 13.3. The highest BCUT2D eigenvalue weighted by atomic mass is 19.1. The Morgan fingerprint density at radius 3 is 2.74 bits per heavy atom. The number of nitrogens with one attached hydrogen (secondary N) is 1. The summed E-state index contributed by atoms with van der Waals surface area (Å²) in [6.45, 7) is 3.19. The average molecular weight is 371 g/mol. The number of aryl methyl sites for hydroxylation is 1. The van der Waals surface area contributed by atoms with Crippen molar-refractivity contribution < 1.29 is 18.7 Å². The molecule has 0 saturated carbocycles. The molecule has 1 atom stereocenters. The average Bonchev–Trinajstić information content (AvgIpc) is 2.67. The molecule has 27 heavy (non-hydrogen) atoms. The third-order valence-corrected chi connectivity index (χ3v) is 4.40. The lowest BCUT2D eigenvalue weighted by Crippen LogP contribution is -2.52. The van der Waals surface area contributed by atoms with Crippen LogP contribution in [-0.2, 0) is 4.79 Å². The van der Waals surface area contributed by atoms with E-state index < -0.39 is 11.9 Å². The number of piperazine rings is 1. The molecule has 3 N–H and O–H groups in total. The SMILES string of the molecule is Cc1ccc(OCCN)c(C(=O)N2CCNC(=O)[C@H]2c2ccc(F)cc2)c1. The highest BCUT2D eigenvalue weighted by Crippen LogP contribution is 2.29. The van der Waals surface area contributed by atoms with Crippen molar-refractivity contribution in [2.45, 2.75) is 13.0 Å². The Bertz CT molecular complexity index is 839. The lowest BCUT2D eigenvalue weighted by atomic mass is 10.0. The van der Waals surface area contributed by atoms with Gasteiger partial charge in [-0.05, 0) is 36.8 Å². The summed E-state index contributed by atoms with van der Waals surface area (Å²) in [5, 5.41) is 2.77. The third-order valence-electron chi connectivity index (χ3n) is 4.40. The zero-order valence-corrected chi connectivity index (χ0v) is 15.1. The van der Waals surface area contributed by atoms with E-state index in [2.05, 4.69) is 5.32 Å². The highest BCUT2D eigenvalue weighted by molar-refractivity contribution is 6.00. The number of hydrogen-bond donors (Lipinski definition) is 2. The van der Waals surface area contributed by atoms with Crippen molar-refractivity contribution in [2.75, 3.05) is 26.2 Å². The summed E-state index contributed by atoms with van der Waals surface area (Å²) in [5.41, 5.74) is 7.34. The maximum Gasteiger partial charge on any atom is 0.258 e. The van der Waals surface area contributed by atoms with Crippen molar-refractivity contribution in [2.24, 2.45) is 5.73 Å². The zero-order valence-electron chi connectivity index (χ0n) is 15.1. The van der Waals surface area contributed by atoms with Crippen LogP contribution < -0.4 is 15.8 Å². The fourth-order valence-corrected chi connectivity index (χ4v) is 3.12. The molecule has 1 saturated heterocycles. The Hall–Kier alpha value is -2.93. The number of carbonyl (C=O) groups excluding carboxylic acids is 2. The molecule has 1 fully saturated rings. The second-order valence-electron chi connectivity index (χ2n) is 6.38. The minimum Gasteiger partial charge on any atom is -0.491 e. The van der Waals surface area contributed by atoms with Crippen LogP contribution in [-0.4, -0.2) is 43.0 Å². The summed E-state index contributed by atoms with van der Waals surface area (Å²) in [5.74, 6) is -0.572. The Kier molecular flexibility index (Phi) is 5.71. The van der Waals surface area contributed by atoms with E-state index in [1.54, 1.807) is 12.1 Å². The first kappa shape index (κ1) is 18.8. The summed E-state index contributed by atoms with van der Waals surface area (Å²) in [6, 6.07) is 10.1. The third kappa shape index (κ3) is 4.09. The second kappa shape index (κ2) is 8.18. The van der Waals surface area contributed by atoms with Crippen molar-refractivity contribution >= 4 is 11.8 Å². The first-order valence-electron chi connectivity index (χ1n) is 8.79. The van der Waals surface area contributed by atoms with Crippen LogP contribution >= 0.6 is 0 Å². The van der Waals surface area contributed by atoms with Crippen LogP contribution in [0, 0.1) is 12.7 Å². The summed E-state index contributed by atoms with van der Waals surface area (Å²) in [6.07, 6.45) is 0. The first-order valence-corrected chi connectivity index (χ1v) is 8.79. The van der Waals surface area contributed by atoms with Crippen LogP contribution in [0.15, 0.2) is 42.5 Å². The lowest BCUT2D eigenvalue weighted by molar-refractivity contribution is -0.128. The van der Waals surface area contributed by atoms with E-state index in [1.165, 1.54) is 29.2 Å². The fourth-order valence-electron chi connectivity index (χ4n) is 3.12. The van der Waals surface area contributed by atoms with Crippen molar-refractivity contribution in [1.82, 2.24) is 10.2 Å². The number of rotatable bonds is 5. The zero-order chi connectivity index (χ0) is 19.4. The largest absolute Gasteiger partial charge is 0.491 e. The molecule has 2 amide bonds. The number of hydrogen-bond acceptors (Lipinski definition) is 4. The van der Waals surface area contributed by atoms with E-state index in [0.29, 0.717) is 36.5 Å². The number of nitrogens with zero attached hydrogens (tertiary/aromatic N) is 1. The van der Waals surface area contributed by atoms with Gasteiger partial charge in [0.25, 0.3) is 5.91 Å². The number of halogens is 1. The van der Waals surface area contributed by atoms with Crippen molar-refractivity contribution in [3.8, 4) is 5.75 Å². The molecule has 3 rings (SSSR count). The van der Waals surface area contributed by atoms with Gasteiger partial charge in [0.1, 0.15) is 24.2 Å². The van der Waals surface area contributed by atoms with Crippen LogP contribution in [0.4, 0.5) is 4.39 Å². The highest BCUT2D eigenvalue weighted by Gasteiger charge is 2.35. The number of benzene rings is 2. The van der Waals surface area contributed by atoms with E-state index in [9.17, 15) is 14.0 Å². The predicted molar refractivity (Wildman–Crippen MR) is 98.9 cm³/mol. The Balaban J connectivity index is 1.97. The molecule has 0 aliphatic carbocycles. The number of ether oxygens (including phenoxy) is 1. The van der Waals surface area contributed by atoms with Gasteiger partial charge in [-0.25, -0.2) is 4.39 Å². The smallest absolute Gasteiger partial charge is 0.258 e. The van der Waals surface area contributed by atoms with Gasteiger partial charge in [-0.2, -0.15) is 0 Å². The number of amides is 2. The Morgan fingerprint density at radius 1 is 1.30 bits per heavy atom. The molecule has 0 aromatic heterocycles. The molecular weight excluding hydrogens is 349 g/mol. The van der Waals surface area contributed by atoms with Crippen molar-refractivity contribution in [3.63, 3.8) is 0 Å². The van der Waals surface area contributed by atoms with Gasteiger partial charge in [0.15, 0.2) is 0 Å². The maximum absolute atomic E-state index is 13.3. The molecule has 0 spiro atoms. The molecule has 0 bridgehead atoms. The molecule has 1 heterocycles. The van der Waals surface area contributed by atoms with Crippen LogP contribution in [0.5, 0.6) is 5.75 Å². The number of carbonyl (C=O) groups is 2. The summed E-state index contributed by atoms with van der Waals surface area (Å²) in [4.78, 5) is 27.3. The molecule has 7 heteroatoms. The van der Waals surface area contributed by atoms with E-state index >= 15 is 0 Å². The van der Waals surface area contributed by atoms with E-state index in [4.69, 9.17) is 10.5 Å². The minimum atomic E-state index is -0.824. The lowest BCUT2D eigenvalue weighted by Gasteiger charge is -2.35.